The molecule has 1 aromatic heterocycles. The molecule has 1 aliphatic rings. The average molecular weight is 136 g/mol. The molecule has 0 saturated carbocycles. The standard InChI is InChI=1S/C7H8N2O/c1-2-7(10-3-1)6-4-8-9-5-6/h1,3-5,7H,2H2,(H,8,9). The number of hydrogen-bond donors (Lipinski definition) is 1. The zero-order valence-corrected chi connectivity index (χ0v) is 5.45. The SMILES string of the molecule is C1=COC(c2cn[nH]c2)C1. The molecule has 0 bridgehead atoms. The van der Waals surface area contributed by atoms with E-state index >= 15 is 0 Å². The summed E-state index contributed by atoms with van der Waals surface area (Å²) in [5.41, 5.74) is 1.12. The Kier molecular flexibility index (Phi) is 1.20. The second kappa shape index (κ2) is 2.17. The lowest BCUT2D eigenvalue weighted by molar-refractivity contribution is 0.173. The molecule has 0 fully saturated rings. The van der Waals surface area contributed by atoms with Crippen LogP contribution >= 0.6 is 0 Å². The zero-order valence-electron chi connectivity index (χ0n) is 5.45. The van der Waals surface area contributed by atoms with E-state index in [9.17, 15) is 0 Å². The molecule has 3 heteroatoms. The van der Waals surface area contributed by atoms with Gasteiger partial charge in [0.2, 0.25) is 0 Å². The fourth-order valence-electron chi connectivity index (χ4n) is 1.04. The number of H-pyrrole nitrogens is 1. The normalized spacial score (nSPS) is 23.0. The van der Waals surface area contributed by atoms with Gasteiger partial charge in [0, 0.05) is 18.2 Å². The van der Waals surface area contributed by atoms with Crippen LogP contribution in [0, 0.1) is 0 Å². The first-order valence-corrected chi connectivity index (χ1v) is 3.26. The van der Waals surface area contributed by atoms with Crippen molar-refractivity contribution in [2.24, 2.45) is 0 Å². The minimum absolute atomic E-state index is 0.193. The zero-order chi connectivity index (χ0) is 6.81. The fraction of sp³-hybridized carbons (Fsp3) is 0.286. The van der Waals surface area contributed by atoms with Gasteiger partial charge in [-0.05, 0) is 6.08 Å². The third-order valence-electron chi connectivity index (χ3n) is 1.58. The molecule has 2 rings (SSSR count). The Morgan fingerprint density at radius 1 is 1.70 bits per heavy atom. The maximum atomic E-state index is 5.26. The minimum atomic E-state index is 0.193. The Bertz CT molecular complexity index is 220. The van der Waals surface area contributed by atoms with E-state index in [2.05, 4.69) is 10.2 Å². The van der Waals surface area contributed by atoms with Crippen LogP contribution in [0.4, 0.5) is 0 Å². The van der Waals surface area contributed by atoms with Gasteiger partial charge in [-0.3, -0.25) is 5.10 Å². The number of nitrogens with zero attached hydrogens (tertiary/aromatic N) is 1. The van der Waals surface area contributed by atoms with Crippen molar-refractivity contribution in [3.8, 4) is 0 Å². The van der Waals surface area contributed by atoms with Gasteiger partial charge in [-0.25, -0.2) is 0 Å². The molecule has 3 nitrogen and oxygen atoms in total. The van der Waals surface area contributed by atoms with E-state index in [4.69, 9.17) is 4.74 Å². The molecule has 52 valence electrons. The Labute approximate surface area is 58.7 Å². The quantitative estimate of drug-likeness (QED) is 0.633. The smallest absolute Gasteiger partial charge is 0.129 e. The molecular formula is C7H8N2O. The Hall–Kier alpha value is -1.25. The van der Waals surface area contributed by atoms with Crippen LogP contribution in [-0.2, 0) is 4.74 Å². The first-order valence-electron chi connectivity index (χ1n) is 3.26. The predicted octanol–water partition coefficient (Wildman–Crippen LogP) is 1.38. The lowest BCUT2D eigenvalue weighted by Crippen LogP contribution is -1.91. The molecule has 0 spiro atoms. The van der Waals surface area contributed by atoms with Crippen LogP contribution in [0.1, 0.15) is 18.1 Å². The van der Waals surface area contributed by atoms with Crippen molar-refractivity contribution < 1.29 is 4.74 Å². The van der Waals surface area contributed by atoms with Crippen molar-refractivity contribution in [2.45, 2.75) is 12.5 Å². The molecule has 1 N–H and O–H groups in total. The highest BCUT2D eigenvalue weighted by Crippen LogP contribution is 2.24. The van der Waals surface area contributed by atoms with Gasteiger partial charge in [0.25, 0.3) is 0 Å². The third kappa shape index (κ3) is 0.795. The number of hydrogen-bond acceptors (Lipinski definition) is 2. The molecule has 1 aromatic rings. The molecule has 1 atom stereocenters. The summed E-state index contributed by atoms with van der Waals surface area (Å²) in [7, 11) is 0. The van der Waals surface area contributed by atoms with Crippen molar-refractivity contribution in [1.82, 2.24) is 10.2 Å². The van der Waals surface area contributed by atoms with Crippen LogP contribution in [0.2, 0.25) is 0 Å². The number of ether oxygens (including phenoxy) is 1. The predicted molar refractivity (Wildman–Crippen MR) is 36.2 cm³/mol. The molecular weight excluding hydrogens is 128 g/mol. The van der Waals surface area contributed by atoms with E-state index in [1.807, 2.05) is 12.3 Å². The molecule has 0 aromatic carbocycles. The summed E-state index contributed by atoms with van der Waals surface area (Å²) in [6, 6.07) is 0. The summed E-state index contributed by atoms with van der Waals surface area (Å²) in [4.78, 5) is 0. The monoisotopic (exact) mass is 136 g/mol. The first kappa shape index (κ1) is 5.53. The summed E-state index contributed by atoms with van der Waals surface area (Å²) in [5, 5.41) is 6.58. The van der Waals surface area contributed by atoms with Crippen LogP contribution in [-0.4, -0.2) is 10.2 Å². The second-order valence-corrected chi connectivity index (χ2v) is 2.26. The Morgan fingerprint density at radius 2 is 2.70 bits per heavy atom. The lowest BCUT2D eigenvalue weighted by Gasteiger charge is -2.05. The van der Waals surface area contributed by atoms with Gasteiger partial charge in [0.05, 0.1) is 12.5 Å². The van der Waals surface area contributed by atoms with Gasteiger partial charge in [-0.15, -0.1) is 0 Å². The van der Waals surface area contributed by atoms with E-state index < -0.39 is 0 Å². The van der Waals surface area contributed by atoms with E-state index in [1.165, 1.54) is 0 Å². The average Bonchev–Trinajstić information content (AvgIpc) is 2.59. The van der Waals surface area contributed by atoms with Gasteiger partial charge in [-0.2, -0.15) is 5.10 Å². The highest BCUT2D eigenvalue weighted by Gasteiger charge is 2.13. The molecule has 0 radical (unpaired) electrons. The number of nitrogens with one attached hydrogen (secondary N) is 1. The summed E-state index contributed by atoms with van der Waals surface area (Å²) in [6.45, 7) is 0. The van der Waals surface area contributed by atoms with Crippen molar-refractivity contribution in [3.05, 3.63) is 30.3 Å². The Morgan fingerprint density at radius 3 is 3.30 bits per heavy atom. The third-order valence-corrected chi connectivity index (χ3v) is 1.58. The first-order chi connectivity index (χ1) is 4.97. The minimum Gasteiger partial charge on any atom is -0.493 e. The molecule has 0 aliphatic carbocycles. The van der Waals surface area contributed by atoms with Crippen molar-refractivity contribution >= 4 is 0 Å². The van der Waals surface area contributed by atoms with Crippen LogP contribution < -0.4 is 0 Å². The fourth-order valence-corrected chi connectivity index (χ4v) is 1.04. The van der Waals surface area contributed by atoms with Gasteiger partial charge < -0.3 is 4.74 Å². The van der Waals surface area contributed by atoms with Crippen LogP contribution in [0.25, 0.3) is 0 Å². The molecule has 0 saturated heterocycles. The number of rotatable bonds is 1. The molecule has 1 unspecified atom stereocenters. The van der Waals surface area contributed by atoms with Gasteiger partial charge in [0.15, 0.2) is 0 Å². The maximum absolute atomic E-state index is 5.26. The molecule has 0 amide bonds. The lowest BCUT2D eigenvalue weighted by atomic mass is 10.2. The number of aromatic amines is 1. The highest BCUT2D eigenvalue weighted by molar-refractivity contribution is 5.11. The number of aromatic nitrogens is 2. The Balaban J connectivity index is 2.14. The summed E-state index contributed by atoms with van der Waals surface area (Å²) in [5.74, 6) is 0. The second-order valence-electron chi connectivity index (χ2n) is 2.26. The summed E-state index contributed by atoms with van der Waals surface area (Å²) in [6.07, 6.45) is 8.54. The van der Waals surface area contributed by atoms with Gasteiger partial charge in [0.1, 0.15) is 6.10 Å². The molecule has 2 heterocycles. The summed E-state index contributed by atoms with van der Waals surface area (Å²) >= 11 is 0. The highest BCUT2D eigenvalue weighted by atomic mass is 16.5. The van der Waals surface area contributed by atoms with E-state index in [0.717, 1.165) is 12.0 Å². The molecule has 10 heavy (non-hydrogen) atoms. The molecule has 1 aliphatic heterocycles. The summed E-state index contributed by atoms with van der Waals surface area (Å²) < 4.78 is 5.26. The largest absolute Gasteiger partial charge is 0.493 e. The van der Waals surface area contributed by atoms with Crippen molar-refractivity contribution in [1.29, 1.82) is 0 Å². The van der Waals surface area contributed by atoms with Gasteiger partial charge in [-0.1, -0.05) is 0 Å². The van der Waals surface area contributed by atoms with Crippen molar-refractivity contribution in [2.75, 3.05) is 0 Å². The van der Waals surface area contributed by atoms with Crippen LogP contribution in [0.15, 0.2) is 24.7 Å². The van der Waals surface area contributed by atoms with Crippen LogP contribution in [0.5, 0.6) is 0 Å². The van der Waals surface area contributed by atoms with E-state index in [1.54, 1.807) is 12.5 Å². The topological polar surface area (TPSA) is 37.9 Å². The van der Waals surface area contributed by atoms with Crippen molar-refractivity contribution in [3.63, 3.8) is 0 Å². The maximum Gasteiger partial charge on any atom is 0.129 e. The van der Waals surface area contributed by atoms with E-state index in [-0.39, 0.29) is 6.10 Å². The van der Waals surface area contributed by atoms with Crippen LogP contribution in [0.3, 0.4) is 0 Å². The van der Waals surface area contributed by atoms with E-state index in [0.29, 0.717) is 0 Å². The van der Waals surface area contributed by atoms with Gasteiger partial charge >= 0.3 is 0 Å².